The maximum Gasteiger partial charge on any atom is 0.295 e. The van der Waals surface area contributed by atoms with Gasteiger partial charge in [-0.1, -0.05) is 36.9 Å². The van der Waals surface area contributed by atoms with E-state index in [-0.39, 0.29) is 11.3 Å². The van der Waals surface area contributed by atoms with E-state index in [9.17, 15) is 14.7 Å². The van der Waals surface area contributed by atoms with Crippen molar-refractivity contribution in [3.8, 4) is 11.5 Å². The van der Waals surface area contributed by atoms with E-state index in [2.05, 4.69) is 11.5 Å². The summed E-state index contributed by atoms with van der Waals surface area (Å²) >= 11 is 0. The first-order valence-electron chi connectivity index (χ1n) is 12.7. The van der Waals surface area contributed by atoms with Gasteiger partial charge in [0, 0.05) is 31.7 Å². The molecule has 1 amide bonds. The third kappa shape index (κ3) is 6.21. The van der Waals surface area contributed by atoms with Crippen LogP contribution >= 0.6 is 0 Å². The molecule has 37 heavy (non-hydrogen) atoms. The van der Waals surface area contributed by atoms with Crippen molar-refractivity contribution in [2.75, 3.05) is 52.6 Å². The Balaban J connectivity index is 1.67. The number of rotatable bonds is 11. The number of carbonyl (C=O) groups excluding carboxylic acids is 2. The number of carbonyl (C=O) groups is 2. The number of likely N-dealkylation sites (tertiary alicyclic amines) is 1. The van der Waals surface area contributed by atoms with Gasteiger partial charge in [0.25, 0.3) is 11.7 Å². The predicted molar refractivity (Wildman–Crippen MR) is 141 cm³/mol. The minimum atomic E-state index is -0.714. The fourth-order valence-electron chi connectivity index (χ4n) is 4.70. The molecule has 1 unspecified atom stereocenters. The zero-order chi connectivity index (χ0) is 26.2. The second-order valence-electron chi connectivity index (χ2n) is 8.93. The van der Waals surface area contributed by atoms with E-state index in [1.54, 1.807) is 47.4 Å². The summed E-state index contributed by atoms with van der Waals surface area (Å²) in [6.45, 7) is 10.7. The number of Topliss-reactive ketones (excluding diaryl/α,β-unsaturated/α-hetero) is 1. The molecule has 2 saturated heterocycles. The number of benzene rings is 2. The van der Waals surface area contributed by atoms with Crippen LogP contribution in [-0.2, 0) is 14.3 Å². The molecule has 2 aliphatic heterocycles. The van der Waals surface area contributed by atoms with Crippen LogP contribution in [0.1, 0.15) is 30.5 Å². The lowest BCUT2D eigenvalue weighted by atomic mass is 9.95. The lowest BCUT2D eigenvalue weighted by Gasteiger charge is -2.29. The summed E-state index contributed by atoms with van der Waals surface area (Å²) in [5.74, 6) is -0.291. The van der Waals surface area contributed by atoms with E-state index in [4.69, 9.17) is 14.2 Å². The number of hydrogen-bond acceptors (Lipinski definition) is 7. The first-order chi connectivity index (χ1) is 18.0. The van der Waals surface area contributed by atoms with Crippen molar-refractivity contribution in [2.45, 2.75) is 19.4 Å². The summed E-state index contributed by atoms with van der Waals surface area (Å²) in [6.07, 6.45) is 2.36. The molecule has 2 aliphatic rings. The van der Waals surface area contributed by atoms with E-state index in [1.807, 2.05) is 19.1 Å². The predicted octanol–water partition coefficient (Wildman–Crippen LogP) is 3.79. The second-order valence-corrected chi connectivity index (χ2v) is 8.93. The summed E-state index contributed by atoms with van der Waals surface area (Å²) in [6, 6.07) is 13.4. The van der Waals surface area contributed by atoms with Gasteiger partial charge in [-0.3, -0.25) is 14.5 Å². The lowest BCUT2D eigenvalue weighted by Crippen LogP contribution is -2.38. The summed E-state index contributed by atoms with van der Waals surface area (Å²) < 4.78 is 16.6. The van der Waals surface area contributed by atoms with E-state index in [1.165, 1.54) is 0 Å². The molecule has 0 saturated carbocycles. The minimum absolute atomic E-state index is 0.0739. The number of ether oxygens (including phenoxy) is 3. The van der Waals surface area contributed by atoms with Gasteiger partial charge in [0.1, 0.15) is 23.9 Å². The molecule has 0 radical (unpaired) electrons. The maximum atomic E-state index is 13.3. The number of hydrogen-bond donors (Lipinski definition) is 1. The van der Waals surface area contributed by atoms with E-state index < -0.39 is 17.7 Å². The molecule has 8 heteroatoms. The molecule has 4 rings (SSSR count). The first-order valence-corrected chi connectivity index (χ1v) is 12.7. The van der Waals surface area contributed by atoms with E-state index >= 15 is 0 Å². The van der Waals surface area contributed by atoms with Crippen molar-refractivity contribution in [1.29, 1.82) is 0 Å². The van der Waals surface area contributed by atoms with Gasteiger partial charge < -0.3 is 24.2 Å². The van der Waals surface area contributed by atoms with Gasteiger partial charge in [0.05, 0.1) is 31.4 Å². The highest BCUT2D eigenvalue weighted by Gasteiger charge is 2.45. The van der Waals surface area contributed by atoms with Crippen molar-refractivity contribution in [3.05, 3.63) is 77.9 Å². The minimum Gasteiger partial charge on any atom is -0.507 e. The highest BCUT2D eigenvalue weighted by atomic mass is 16.5. The first kappa shape index (κ1) is 26.4. The molecule has 2 heterocycles. The van der Waals surface area contributed by atoms with Gasteiger partial charge in [-0.15, -0.1) is 0 Å². The lowest BCUT2D eigenvalue weighted by molar-refractivity contribution is -0.140. The Bertz CT molecular complexity index is 1140. The smallest absolute Gasteiger partial charge is 0.295 e. The third-order valence-electron chi connectivity index (χ3n) is 6.50. The highest BCUT2D eigenvalue weighted by molar-refractivity contribution is 6.46. The number of amides is 1. The Morgan fingerprint density at radius 2 is 1.84 bits per heavy atom. The van der Waals surface area contributed by atoms with Crippen LogP contribution in [0.15, 0.2) is 66.8 Å². The van der Waals surface area contributed by atoms with Crippen LogP contribution in [0.5, 0.6) is 11.5 Å². The molecule has 0 aromatic heterocycles. The van der Waals surface area contributed by atoms with E-state index in [0.717, 1.165) is 25.2 Å². The third-order valence-corrected chi connectivity index (χ3v) is 6.50. The van der Waals surface area contributed by atoms with Crippen LogP contribution in [0.3, 0.4) is 0 Å². The fourth-order valence-corrected chi connectivity index (χ4v) is 4.70. The zero-order valence-electron chi connectivity index (χ0n) is 21.2. The molecule has 0 spiro atoms. The Morgan fingerprint density at radius 3 is 2.54 bits per heavy atom. The van der Waals surface area contributed by atoms with Gasteiger partial charge in [0.15, 0.2) is 0 Å². The van der Waals surface area contributed by atoms with Crippen LogP contribution in [0.4, 0.5) is 0 Å². The molecular formula is C29H34N2O6. The molecule has 0 bridgehead atoms. The number of morpholine rings is 1. The van der Waals surface area contributed by atoms with Crippen molar-refractivity contribution < 1.29 is 28.9 Å². The molecule has 196 valence electrons. The largest absolute Gasteiger partial charge is 0.507 e. The zero-order valence-corrected chi connectivity index (χ0v) is 21.2. The van der Waals surface area contributed by atoms with Gasteiger partial charge in [-0.25, -0.2) is 0 Å². The normalized spacial score (nSPS) is 19.7. The van der Waals surface area contributed by atoms with Crippen molar-refractivity contribution in [2.24, 2.45) is 0 Å². The second kappa shape index (κ2) is 12.6. The Hall–Kier alpha value is -3.62. The monoisotopic (exact) mass is 506 g/mol. The fraction of sp³-hybridized carbons (Fsp3) is 0.379. The summed E-state index contributed by atoms with van der Waals surface area (Å²) in [5, 5.41) is 11.3. The maximum absolute atomic E-state index is 13.3. The number of nitrogens with zero attached hydrogens (tertiary/aromatic N) is 2. The van der Waals surface area contributed by atoms with Crippen LogP contribution in [0.2, 0.25) is 0 Å². The highest BCUT2D eigenvalue weighted by Crippen LogP contribution is 2.40. The van der Waals surface area contributed by atoms with Crippen LogP contribution < -0.4 is 9.47 Å². The SMILES string of the molecule is C=CCOc1ccc(C2C(=C(O)c3cccc(OCC)c3)C(=O)C(=O)N2CCCN2CCOCC2)cc1. The van der Waals surface area contributed by atoms with Gasteiger partial charge in [-0.05, 0) is 43.2 Å². The summed E-state index contributed by atoms with van der Waals surface area (Å²) in [4.78, 5) is 30.4. The molecule has 2 aromatic rings. The number of aliphatic hydroxyl groups is 1. The molecule has 1 atom stereocenters. The molecular weight excluding hydrogens is 472 g/mol. The van der Waals surface area contributed by atoms with Crippen LogP contribution in [0, 0.1) is 0 Å². The average molecular weight is 507 g/mol. The molecule has 8 nitrogen and oxygen atoms in total. The van der Waals surface area contributed by atoms with E-state index in [0.29, 0.717) is 56.5 Å². The quantitative estimate of drug-likeness (QED) is 0.215. The molecule has 1 N–H and O–H groups in total. The van der Waals surface area contributed by atoms with Crippen molar-refractivity contribution in [3.63, 3.8) is 0 Å². The van der Waals surface area contributed by atoms with Crippen molar-refractivity contribution in [1.82, 2.24) is 9.80 Å². The van der Waals surface area contributed by atoms with Crippen molar-refractivity contribution >= 4 is 17.4 Å². The van der Waals surface area contributed by atoms with Crippen LogP contribution in [0.25, 0.3) is 5.76 Å². The van der Waals surface area contributed by atoms with Gasteiger partial charge >= 0.3 is 0 Å². The van der Waals surface area contributed by atoms with Crippen LogP contribution in [-0.4, -0.2) is 79.2 Å². The number of ketones is 1. The average Bonchev–Trinajstić information content (AvgIpc) is 3.18. The summed E-state index contributed by atoms with van der Waals surface area (Å²) in [7, 11) is 0. The molecule has 2 aromatic carbocycles. The standard InChI is InChI=1S/C29H34N2O6/c1-3-17-37-23-11-9-21(10-12-23)26-25(27(32)22-7-5-8-24(20-22)36-4-2)28(33)29(34)31(26)14-6-13-30-15-18-35-19-16-30/h3,5,7-12,20,26,32H,1,4,6,13-19H2,2H3. The Labute approximate surface area is 217 Å². The molecule has 0 aliphatic carbocycles. The van der Waals surface area contributed by atoms with Gasteiger partial charge in [0.2, 0.25) is 0 Å². The Kier molecular flexibility index (Phi) is 8.98. The van der Waals surface area contributed by atoms with Gasteiger partial charge in [-0.2, -0.15) is 0 Å². The number of aliphatic hydroxyl groups excluding tert-OH is 1. The topological polar surface area (TPSA) is 88.5 Å². The summed E-state index contributed by atoms with van der Waals surface area (Å²) in [5.41, 5.74) is 1.22. The Morgan fingerprint density at radius 1 is 1.08 bits per heavy atom. The molecule has 2 fully saturated rings.